The summed E-state index contributed by atoms with van der Waals surface area (Å²) in [7, 11) is -3.55. The molecule has 0 unspecified atom stereocenters. The van der Waals surface area contributed by atoms with Gasteiger partial charge in [-0.1, -0.05) is 13.0 Å². The quantitative estimate of drug-likeness (QED) is 0.846. The van der Waals surface area contributed by atoms with E-state index in [0.717, 1.165) is 4.47 Å². The lowest BCUT2D eigenvalue weighted by Crippen LogP contribution is -2.08. The van der Waals surface area contributed by atoms with E-state index in [4.69, 9.17) is 0 Å². The molecule has 1 heterocycles. The number of thiophene rings is 1. The molecule has 112 valence electrons. The van der Waals surface area contributed by atoms with Gasteiger partial charge in [0.25, 0.3) is 0 Å². The Morgan fingerprint density at radius 2 is 2.05 bits per heavy atom. The van der Waals surface area contributed by atoms with Crippen molar-refractivity contribution in [1.82, 2.24) is 0 Å². The summed E-state index contributed by atoms with van der Waals surface area (Å²) in [5, 5.41) is 11.0. The van der Waals surface area contributed by atoms with Gasteiger partial charge in [0.05, 0.1) is 16.2 Å². The van der Waals surface area contributed by atoms with Crippen molar-refractivity contribution in [1.29, 1.82) is 0 Å². The van der Waals surface area contributed by atoms with E-state index in [1.54, 1.807) is 12.1 Å². The molecule has 1 N–H and O–H groups in total. The molecule has 1 aromatic heterocycles. The fraction of sp³-hybridized carbons (Fsp3) is 0.214. The van der Waals surface area contributed by atoms with Gasteiger partial charge in [-0.15, -0.1) is 11.3 Å². The molecular weight excluding hydrogens is 376 g/mol. The Labute approximate surface area is 135 Å². The molecule has 0 aliphatic heterocycles. The van der Waals surface area contributed by atoms with Gasteiger partial charge in [0.15, 0.2) is 9.84 Å². The van der Waals surface area contributed by atoms with Gasteiger partial charge in [0.1, 0.15) is 0 Å². The third kappa shape index (κ3) is 3.72. The van der Waals surface area contributed by atoms with Crippen molar-refractivity contribution in [3.05, 3.63) is 50.1 Å². The Kier molecular flexibility index (Phi) is 4.85. The molecule has 0 saturated carbocycles. The molecule has 2 aromatic rings. The van der Waals surface area contributed by atoms with Crippen LogP contribution in [0.3, 0.4) is 0 Å². The van der Waals surface area contributed by atoms with Gasteiger partial charge < -0.3 is 5.11 Å². The molecule has 0 atom stereocenters. The summed E-state index contributed by atoms with van der Waals surface area (Å²) in [4.78, 5) is 12.0. The van der Waals surface area contributed by atoms with Crippen LogP contribution in [0.25, 0.3) is 0 Å². The Morgan fingerprint density at radius 3 is 2.57 bits per heavy atom. The Morgan fingerprint density at radius 1 is 1.33 bits per heavy atom. The van der Waals surface area contributed by atoms with E-state index in [1.807, 2.05) is 12.3 Å². The first-order chi connectivity index (χ1) is 9.83. The van der Waals surface area contributed by atoms with Gasteiger partial charge in [-0.05, 0) is 46.1 Å². The number of hydrogen-bond acceptors (Lipinski definition) is 4. The fourth-order valence-electron chi connectivity index (χ4n) is 1.96. The van der Waals surface area contributed by atoms with Crippen LogP contribution < -0.4 is 0 Å². The Bertz CT molecular complexity index is 778. The highest BCUT2D eigenvalue weighted by Gasteiger charge is 2.20. The normalized spacial score (nSPS) is 11.5. The molecule has 2 rings (SSSR count). The number of aromatic carboxylic acids is 1. The van der Waals surface area contributed by atoms with E-state index >= 15 is 0 Å². The maximum absolute atomic E-state index is 12.4. The molecular formula is C14H13BrO4S2. The van der Waals surface area contributed by atoms with Gasteiger partial charge in [-0.3, -0.25) is 0 Å². The molecule has 0 bridgehead atoms. The molecule has 0 fully saturated rings. The monoisotopic (exact) mass is 388 g/mol. The second-order valence-corrected chi connectivity index (χ2v) is 8.37. The number of rotatable bonds is 5. The van der Waals surface area contributed by atoms with E-state index < -0.39 is 15.8 Å². The predicted octanol–water partition coefficient (Wildman–Crippen LogP) is 3.75. The summed E-state index contributed by atoms with van der Waals surface area (Å²) in [6, 6.07) is 6.05. The minimum absolute atomic E-state index is 0.0432. The number of carbonyl (C=O) groups is 1. The molecule has 1 aromatic carbocycles. The first kappa shape index (κ1) is 16.2. The molecule has 0 amide bonds. The lowest BCUT2D eigenvalue weighted by atomic mass is 10.1. The third-order valence-corrected chi connectivity index (χ3v) is 6.55. The summed E-state index contributed by atoms with van der Waals surface area (Å²) in [5.74, 6) is -1.24. The third-order valence-electron chi connectivity index (χ3n) is 3.01. The Hall–Kier alpha value is -1.18. The van der Waals surface area contributed by atoms with Crippen LogP contribution in [0.4, 0.5) is 0 Å². The topological polar surface area (TPSA) is 71.4 Å². The van der Waals surface area contributed by atoms with E-state index in [-0.39, 0.29) is 16.2 Å². The lowest BCUT2D eigenvalue weighted by Gasteiger charge is -2.08. The zero-order valence-electron chi connectivity index (χ0n) is 11.2. The standard InChI is InChI=1S/C14H13BrO4S2/c1-2-9-3-4-12(6-13(9)14(16)17)21(18,19)8-11-5-10(15)7-20-11/h3-7H,2,8H2,1H3,(H,16,17). The second-order valence-electron chi connectivity index (χ2n) is 4.47. The summed E-state index contributed by atoms with van der Waals surface area (Å²) >= 11 is 4.63. The van der Waals surface area contributed by atoms with Crippen LogP contribution in [0.1, 0.15) is 27.7 Å². The zero-order valence-corrected chi connectivity index (χ0v) is 14.4. The number of sulfone groups is 1. The molecule has 21 heavy (non-hydrogen) atoms. The highest BCUT2D eigenvalue weighted by molar-refractivity contribution is 9.10. The van der Waals surface area contributed by atoms with Crippen molar-refractivity contribution in [2.75, 3.05) is 0 Å². The van der Waals surface area contributed by atoms with Crippen LogP contribution in [0, 0.1) is 0 Å². The molecule has 0 aliphatic rings. The van der Waals surface area contributed by atoms with Crippen molar-refractivity contribution in [3.8, 4) is 0 Å². The fourth-order valence-corrected chi connectivity index (χ4v) is 5.13. The SMILES string of the molecule is CCc1ccc(S(=O)(=O)Cc2cc(Br)cs2)cc1C(=O)O. The van der Waals surface area contributed by atoms with Gasteiger partial charge in [-0.2, -0.15) is 0 Å². The van der Waals surface area contributed by atoms with Crippen LogP contribution in [-0.2, 0) is 22.0 Å². The average Bonchev–Trinajstić information content (AvgIpc) is 2.82. The zero-order chi connectivity index (χ0) is 15.6. The number of carboxylic acid groups (broad SMARTS) is 1. The van der Waals surface area contributed by atoms with Gasteiger partial charge >= 0.3 is 5.97 Å². The van der Waals surface area contributed by atoms with Crippen LogP contribution in [-0.4, -0.2) is 19.5 Å². The van der Waals surface area contributed by atoms with Crippen molar-refractivity contribution >= 4 is 43.1 Å². The van der Waals surface area contributed by atoms with E-state index in [0.29, 0.717) is 16.9 Å². The highest BCUT2D eigenvalue weighted by Crippen LogP contribution is 2.25. The van der Waals surface area contributed by atoms with Crippen LogP contribution in [0.2, 0.25) is 0 Å². The number of carboxylic acids is 1. The smallest absolute Gasteiger partial charge is 0.336 e. The first-order valence-corrected chi connectivity index (χ1v) is 9.48. The summed E-state index contributed by atoms with van der Waals surface area (Å²) in [5.41, 5.74) is 0.672. The molecule has 0 spiro atoms. The minimum Gasteiger partial charge on any atom is -0.478 e. The number of aryl methyl sites for hydroxylation is 1. The molecule has 4 nitrogen and oxygen atoms in total. The van der Waals surface area contributed by atoms with E-state index in [9.17, 15) is 18.3 Å². The summed E-state index contributed by atoms with van der Waals surface area (Å²) in [6.07, 6.45) is 0.542. The number of benzene rings is 1. The van der Waals surface area contributed by atoms with Crippen molar-refractivity contribution in [2.24, 2.45) is 0 Å². The Balaban J connectivity index is 2.40. The van der Waals surface area contributed by atoms with Gasteiger partial charge in [0, 0.05) is 14.7 Å². The molecule has 0 radical (unpaired) electrons. The molecule has 0 saturated heterocycles. The van der Waals surface area contributed by atoms with Gasteiger partial charge in [0.2, 0.25) is 0 Å². The average molecular weight is 389 g/mol. The minimum atomic E-state index is -3.55. The van der Waals surface area contributed by atoms with Gasteiger partial charge in [-0.25, -0.2) is 13.2 Å². The first-order valence-electron chi connectivity index (χ1n) is 6.15. The summed E-state index contributed by atoms with van der Waals surface area (Å²) in [6.45, 7) is 1.83. The van der Waals surface area contributed by atoms with Crippen LogP contribution in [0.5, 0.6) is 0 Å². The van der Waals surface area contributed by atoms with E-state index in [1.165, 1.54) is 23.5 Å². The van der Waals surface area contributed by atoms with Crippen molar-refractivity contribution < 1.29 is 18.3 Å². The van der Waals surface area contributed by atoms with Crippen LogP contribution in [0.15, 0.2) is 39.0 Å². The van der Waals surface area contributed by atoms with Crippen molar-refractivity contribution in [3.63, 3.8) is 0 Å². The largest absolute Gasteiger partial charge is 0.478 e. The molecule has 7 heteroatoms. The summed E-state index contributed by atoms with van der Waals surface area (Å²) < 4.78 is 25.6. The highest BCUT2D eigenvalue weighted by atomic mass is 79.9. The number of halogens is 1. The predicted molar refractivity (Wildman–Crippen MR) is 85.7 cm³/mol. The number of hydrogen-bond donors (Lipinski definition) is 1. The maximum atomic E-state index is 12.4. The lowest BCUT2D eigenvalue weighted by molar-refractivity contribution is 0.0695. The maximum Gasteiger partial charge on any atom is 0.336 e. The second kappa shape index (κ2) is 6.29. The van der Waals surface area contributed by atoms with Crippen LogP contribution >= 0.6 is 27.3 Å². The van der Waals surface area contributed by atoms with E-state index in [2.05, 4.69) is 15.9 Å². The molecule has 0 aliphatic carbocycles. The van der Waals surface area contributed by atoms with Crippen molar-refractivity contribution in [2.45, 2.75) is 24.0 Å².